The van der Waals surface area contributed by atoms with Crippen molar-refractivity contribution >= 4 is 0 Å². The molecule has 0 amide bonds. The van der Waals surface area contributed by atoms with Gasteiger partial charge >= 0.3 is 0 Å². The predicted octanol–water partition coefficient (Wildman–Crippen LogP) is 4.73. The Morgan fingerprint density at radius 3 is 2.29 bits per heavy atom. The van der Waals surface area contributed by atoms with Gasteiger partial charge in [-0.05, 0) is 52.1 Å². The number of rotatable bonds is 8. The number of nitrogens with zero attached hydrogens (tertiary/aromatic N) is 1. The van der Waals surface area contributed by atoms with Gasteiger partial charge < -0.3 is 5.32 Å². The molecular weight excluding hydrogens is 256 g/mol. The third-order valence-electron chi connectivity index (χ3n) is 5.83. The van der Waals surface area contributed by atoms with Crippen LogP contribution in [0, 0.1) is 0 Å². The molecule has 1 aliphatic heterocycles. The molecule has 0 aromatic rings. The maximum atomic E-state index is 3.91. The maximum Gasteiger partial charge on any atom is 0.0334 e. The van der Waals surface area contributed by atoms with Crippen LogP contribution in [0.15, 0.2) is 0 Å². The lowest BCUT2D eigenvalue weighted by atomic mass is 9.79. The molecule has 0 bridgehead atoms. The van der Waals surface area contributed by atoms with Crippen molar-refractivity contribution < 1.29 is 0 Å². The summed E-state index contributed by atoms with van der Waals surface area (Å²) >= 11 is 0. The Balaban J connectivity index is 1.84. The fourth-order valence-corrected chi connectivity index (χ4v) is 4.35. The first-order chi connectivity index (χ1) is 10.3. The first kappa shape index (κ1) is 17.3. The van der Waals surface area contributed by atoms with Crippen molar-refractivity contribution in [2.75, 3.05) is 19.6 Å². The molecule has 1 heterocycles. The quantitative estimate of drug-likeness (QED) is 0.651. The van der Waals surface area contributed by atoms with E-state index in [0.717, 1.165) is 0 Å². The summed E-state index contributed by atoms with van der Waals surface area (Å²) in [6.45, 7) is 8.63. The van der Waals surface area contributed by atoms with Gasteiger partial charge in [0.2, 0.25) is 0 Å². The SMILES string of the molecule is CCCCCC(C)NCC1(N2CCCCC2)CCCCC1. The standard InChI is InChI=1S/C19H38N2/c1-3-4-7-12-18(2)20-17-19(13-8-5-9-14-19)21-15-10-6-11-16-21/h18,20H,3-17H2,1-2H3. The van der Waals surface area contributed by atoms with Gasteiger partial charge in [0.05, 0.1) is 0 Å². The van der Waals surface area contributed by atoms with E-state index in [0.29, 0.717) is 11.6 Å². The molecule has 1 saturated heterocycles. The van der Waals surface area contributed by atoms with Crippen LogP contribution < -0.4 is 5.32 Å². The number of hydrogen-bond acceptors (Lipinski definition) is 2. The molecule has 0 aromatic carbocycles. The molecule has 21 heavy (non-hydrogen) atoms. The molecule has 0 radical (unpaired) electrons. The van der Waals surface area contributed by atoms with E-state index in [9.17, 15) is 0 Å². The second kappa shape index (κ2) is 9.15. The Labute approximate surface area is 133 Å². The Bertz CT molecular complexity index is 265. The Morgan fingerprint density at radius 1 is 0.952 bits per heavy atom. The predicted molar refractivity (Wildman–Crippen MR) is 92.8 cm³/mol. The smallest absolute Gasteiger partial charge is 0.0334 e. The van der Waals surface area contributed by atoms with Crippen LogP contribution in [0.2, 0.25) is 0 Å². The van der Waals surface area contributed by atoms with Crippen LogP contribution >= 0.6 is 0 Å². The molecule has 1 unspecified atom stereocenters. The Morgan fingerprint density at radius 2 is 1.62 bits per heavy atom. The van der Waals surface area contributed by atoms with Gasteiger partial charge in [0.15, 0.2) is 0 Å². The topological polar surface area (TPSA) is 15.3 Å². The van der Waals surface area contributed by atoms with E-state index in [1.165, 1.54) is 96.7 Å². The summed E-state index contributed by atoms with van der Waals surface area (Å²) in [5.41, 5.74) is 0.498. The van der Waals surface area contributed by atoms with Gasteiger partial charge in [-0.25, -0.2) is 0 Å². The van der Waals surface area contributed by atoms with Crippen LogP contribution in [0.3, 0.4) is 0 Å². The zero-order valence-corrected chi connectivity index (χ0v) is 14.6. The summed E-state index contributed by atoms with van der Waals surface area (Å²) in [5.74, 6) is 0. The lowest BCUT2D eigenvalue weighted by Crippen LogP contribution is -2.58. The van der Waals surface area contributed by atoms with Gasteiger partial charge in [0, 0.05) is 18.1 Å². The maximum absolute atomic E-state index is 3.91. The van der Waals surface area contributed by atoms with Crippen molar-refractivity contribution in [3.63, 3.8) is 0 Å². The number of hydrogen-bond donors (Lipinski definition) is 1. The second-order valence-corrected chi connectivity index (χ2v) is 7.61. The van der Waals surface area contributed by atoms with Gasteiger partial charge in [-0.1, -0.05) is 51.9 Å². The van der Waals surface area contributed by atoms with E-state index in [4.69, 9.17) is 0 Å². The largest absolute Gasteiger partial charge is 0.312 e. The molecule has 1 N–H and O–H groups in total. The third kappa shape index (κ3) is 5.25. The molecule has 1 atom stereocenters. The molecule has 2 aliphatic rings. The molecule has 2 nitrogen and oxygen atoms in total. The van der Waals surface area contributed by atoms with E-state index in [-0.39, 0.29) is 0 Å². The fraction of sp³-hybridized carbons (Fsp3) is 1.00. The summed E-state index contributed by atoms with van der Waals surface area (Å²) in [7, 11) is 0. The molecule has 2 fully saturated rings. The van der Waals surface area contributed by atoms with E-state index in [2.05, 4.69) is 24.1 Å². The first-order valence-electron chi connectivity index (χ1n) is 9.75. The summed E-state index contributed by atoms with van der Waals surface area (Å²) in [6.07, 6.45) is 17.0. The molecule has 124 valence electrons. The van der Waals surface area contributed by atoms with E-state index in [1.807, 2.05) is 0 Å². The molecule has 0 aromatic heterocycles. The Hall–Kier alpha value is -0.0800. The van der Waals surface area contributed by atoms with Gasteiger partial charge in [0.25, 0.3) is 0 Å². The summed E-state index contributed by atoms with van der Waals surface area (Å²) in [5, 5.41) is 3.91. The minimum absolute atomic E-state index is 0.498. The molecule has 0 spiro atoms. The normalized spacial score (nSPS) is 24.9. The monoisotopic (exact) mass is 294 g/mol. The van der Waals surface area contributed by atoms with Crippen LogP contribution in [-0.2, 0) is 0 Å². The molecule has 2 rings (SSSR count). The van der Waals surface area contributed by atoms with Crippen molar-refractivity contribution in [2.45, 2.75) is 102 Å². The zero-order chi connectivity index (χ0) is 15.0. The van der Waals surface area contributed by atoms with Crippen LogP contribution in [0.1, 0.15) is 90.9 Å². The minimum Gasteiger partial charge on any atom is -0.312 e. The first-order valence-corrected chi connectivity index (χ1v) is 9.75. The van der Waals surface area contributed by atoms with Crippen molar-refractivity contribution in [2.24, 2.45) is 0 Å². The molecular formula is C19H38N2. The van der Waals surface area contributed by atoms with Gasteiger partial charge in [0.1, 0.15) is 0 Å². The average Bonchev–Trinajstić information content (AvgIpc) is 2.55. The van der Waals surface area contributed by atoms with E-state index in [1.54, 1.807) is 0 Å². The fourth-order valence-electron chi connectivity index (χ4n) is 4.35. The van der Waals surface area contributed by atoms with Crippen LogP contribution in [-0.4, -0.2) is 36.1 Å². The van der Waals surface area contributed by atoms with Crippen molar-refractivity contribution in [3.05, 3.63) is 0 Å². The number of likely N-dealkylation sites (tertiary alicyclic amines) is 1. The van der Waals surface area contributed by atoms with Crippen LogP contribution in [0.25, 0.3) is 0 Å². The highest BCUT2D eigenvalue weighted by Gasteiger charge is 2.38. The van der Waals surface area contributed by atoms with E-state index >= 15 is 0 Å². The lowest BCUT2D eigenvalue weighted by Gasteiger charge is -2.49. The summed E-state index contributed by atoms with van der Waals surface area (Å²) in [6, 6.07) is 0.695. The summed E-state index contributed by atoms with van der Waals surface area (Å²) < 4.78 is 0. The average molecular weight is 295 g/mol. The van der Waals surface area contributed by atoms with Crippen LogP contribution in [0.5, 0.6) is 0 Å². The molecule has 1 saturated carbocycles. The highest BCUT2D eigenvalue weighted by Crippen LogP contribution is 2.35. The van der Waals surface area contributed by atoms with Gasteiger partial charge in [-0.2, -0.15) is 0 Å². The minimum atomic E-state index is 0.498. The highest BCUT2D eigenvalue weighted by atomic mass is 15.2. The van der Waals surface area contributed by atoms with Crippen molar-refractivity contribution in [3.8, 4) is 0 Å². The number of nitrogens with one attached hydrogen (secondary N) is 1. The Kier molecular flexibility index (Phi) is 7.53. The number of piperidine rings is 1. The summed E-state index contributed by atoms with van der Waals surface area (Å²) in [4.78, 5) is 2.86. The zero-order valence-electron chi connectivity index (χ0n) is 14.6. The molecule has 1 aliphatic carbocycles. The van der Waals surface area contributed by atoms with Crippen LogP contribution in [0.4, 0.5) is 0 Å². The molecule has 2 heteroatoms. The van der Waals surface area contributed by atoms with Gasteiger partial charge in [-0.15, -0.1) is 0 Å². The second-order valence-electron chi connectivity index (χ2n) is 7.61. The highest BCUT2D eigenvalue weighted by molar-refractivity contribution is 4.96. The van der Waals surface area contributed by atoms with Gasteiger partial charge in [-0.3, -0.25) is 4.90 Å². The lowest BCUT2D eigenvalue weighted by molar-refractivity contribution is 0.0315. The van der Waals surface area contributed by atoms with E-state index < -0.39 is 0 Å². The third-order valence-corrected chi connectivity index (χ3v) is 5.83. The number of unbranched alkanes of at least 4 members (excludes halogenated alkanes) is 2. The van der Waals surface area contributed by atoms with Crippen molar-refractivity contribution in [1.29, 1.82) is 0 Å². The van der Waals surface area contributed by atoms with Crippen molar-refractivity contribution in [1.82, 2.24) is 10.2 Å².